The lowest BCUT2D eigenvalue weighted by atomic mass is 9.95. The van der Waals surface area contributed by atoms with Crippen LogP contribution in [0.1, 0.15) is 79.8 Å². The number of carbonyl (C=O) groups is 1. The average molecular weight is 314 g/mol. The van der Waals surface area contributed by atoms with Crippen molar-refractivity contribution in [3.8, 4) is 5.88 Å². The summed E-state index contributed by atoms with van der Waals surface area (Å²) in [6.07, 6.45) is 10.9. The van der Waals surface area contributed by atoms with Gasteiger partial charge in [0.2, 0.25) is 5.88 Å². The second kappa shape index (κ2) is 6.50. The minimum atomic E-state index is -0.0458. The highest BCUT2D eigenvalue weighted by atomic mass is 16.5. The number of rotatable bonds is 6. The van der Waals surface area contributed by atoms with Crippen molar-refractivity contribution in [2.75, 3.05) is 6.61 Å². The number of pyridine rings is 1. The molecule has 4 heteroatoms. The van der Waals surface area contributed by atoms with E-state index in [0.717, 1.165) is 19.4 Å². The molecule has 1 heterocycles. The number of nitrogens with zero attached hydrogens (tertiary/aromatic N) is 1. The van der Waals surface area contributed by atoms with E-state index >= 15 is 0 Å². The van der Waals surface area contributed by atoms with Gasteiger partial charge in [-0.15, -0.1) is 0 Å². The lowest BCUT2D eigenvalue weighted by Gasteiger charge is -2.22. The quantitative estimate of drug-likeness (QED) is 0.868. The highest BCUT2D eigenvalue weighted by molar-refractivity contribution is 5.92. The predicted octanol–water partition coefficient (Wildman–Crippen LogP) is 3.81. The van der Waals surface area contributed by atoms with E-state index in [-0.39, 0.29) is 5.91 Å². The van der Waals surface area contributed by atoms with Crippen LogP contribution < -0.4 is 10.1 Å². The first-order chi connectivity index (χ1) is 11.3. The van der Waals surface area contributed by atoms with Gasteiger partial charge in [0.25, 0.3) is 5.91 Å². The van der Waals surface area contributed by atoms with Crippen molar-refractivity contribution in [3.63, 3.8) is 0 Å². The van der Waals surface area contributed by atoms with Gasteiger partial charge in [0, 0.05) is 11.6 Å². The maximum atomic E-state index is 12.5. The zero-order valence-corrected chi connectivity index (χ0v) is 13.7. The second-order valence-electron chi connectivity index (χ2n) is 7.43. The van der Waals surface area contributed by atoms with E-state index < -0.39 is 0 Å². The Balaban J connectivity index is 1.45. The molecule has 1 amide bonds. The fourth-order valence-corrected chi connectivity index (χ4v) is 3.39. The van der Waals surface area contributed by atoms with Crippen LogP contribution in [-0.4, -0.2) is 23.5 Å². The number of hydrogen-bond acceptors (Lipinski definition) is 3. The first kappa shape index (κ1) is 15.0. The number of nitrogens with one attached hydrogen (secondary N) is 1. The van der Waals surface area contributed by atoms with Gasteiger partial charge >= 0.3 is 0 Å². The highest BCUT2D eigenvalue weighted by Crippen LogP contribution is 2.44. The topological polar surface area (TPSA) is 51.2 Å². The van der Waals surface area contributed by atoms with E-state index in [9.17, 15) is 4.79 Å². The number of ether oxygens (including phenoxy) is 1. The van der Waals surface area contributed by atoms with Gasteiger partial charge in [-0.1, -0.05) is 25.3 Å². The minimum absolute atomic E-state index is 0.0458. The minimum Gasteiger partial charge on any atom is -0.477 e. The van der Waals surface area contributed by atoms with Gasteiger partial charge in [-0.3, -0.25) is 4.79 Å². The summed E-state index contributed by atoms with van der Waals surface area (Å²) in [6.45, 7) is 0.750. The zero-order valence-electron chi connectivity index (χ0n) is 13.7. The Hall–Kier alpha value is -1.58. The fourth-order valence-electron chi connectivity index (χ4n) is 3.39. The average Bonchev–Trinajstić information content (AvgIpc) is 3.48. The van der Waals surface area contributed by atoms with Gasteiger partial charge in [0.15, 0.2) is 0 Å². The molecule has 124 valence electrons. The maximum Gasteiger partial charge on any atom is 0.270 e. The number of amides is 1. The Labute approximate surface area is 138 Å². The Morgan fingerprint density at radius 1 is 1.09 bits per heavy atom. The molecular formula is C19H26N2O2. The molecular weight excluding hydrogens is 288 g/mol. The van der Waals surface area contributed by atoms with Crippen molar-refractivity contribution in [1.82, 2.24) is 10.3 Å². The number of hydrogen-bond donors (Lipinski definition) is 1. The third-order valence-electron chi connectivity index (χ3n) is 5.23. The van der Waals surface area contributed by atoms with Crippen molar-refractivity contribution in [3.05, 3.63) is 23.4 Å². The molecule has 0 unspecified atom stereocenters. The van der Waals surface area contributed by atoms with E-state index in [4.69, 9.17) is 4.74 Å². The largest absolute Gasteiger partial charge is 0.477 e. The molecule has 0 atom stereocenters. The van der Waals surface area contributed by atoms with Crippen molar-refractivity contribution in [1.29, 1.82) is 0 Å². The molecule has 3 aliphatic rings. The van der Waals surface area contributed by atoms with E-state index in [1.54, 1.807) is 0 Å². The molecule has 23 heavy (non-hydrogen) atoms. The lowest BCUT2D eigenvalue weighted by Crippen LogP contribution is -2.36. The third-order valence-corrected chi connectivity index (χ3v) is 5.23. The predicted molar refractivity (Wildman–Crippen MR) is 88.8 cm³/mol. The van der Waals surface area contributed by atoms with Crippen LogP contribution in [0.15, 0.2) is 12.1 Å². The van der Waals surface area contributed by atoms with Crippen LogP contribution in [0.25, 0.3) is 0 Å². The molecule has 0 radical (unpaired) electrons. The van der Waals surface area contributed by atoms with E-state index in [1.165, 1.54) is 50.5 Å². The monoisotopic (exact) mass is 314 g/mol. The first-order valence-corrected chi connectivity index (χ1v) is 9.24. The van der Waals surface area contributed by atoms with E-state index in [2.05, 4.69) is 16.4 Å². The molecule has 0 bridgehead atoms. The van der Waals surface area contributed by atoms with Crippen LogP contribution in [0.5, 0.6) is 5.88 Å². The van der Waals surface area contributed by atoms with E-state index in [0.29, 0.717) is 29.5 Å². The van der Waals surface area contributed by atoms with Gasteiger partial charge in [0.05, 0.1) is 6.61 Å². The second-order valence-corrected chi connectivity index (χ2v) is 7.43. The lowest BCUT2D eigenvalue weighted by molar-refractivity contribution is 0.0921. The van der Waals surface area contributed by atoms with Crippen molar-refractivity contribution < 1.29 is 9.53 Å². The van der Waals surface area contributed by atoms with Crippen molar-refractivity contribution >= 4 is 5.91 Å². The van der Waals surface area contributed by atoms with Gasteiger partial charge in [-0.05, 0) is 56.4 Å². The van der Waals surface area contributed by atoms with Crippen molar-refractivity contribution in [2.45, 2.75) is 69.7 Å². The summed E-state index contributed by atoms with van der Waals surface area (Å²) >= 11 is 0. The van der Waals surface area contributed by atoms with Gasteiger partial charge in [0.1, 0.15) is 5.69 Å². The highest BCUT2D eigenvalue weighted by Gasteiger charge is 2.30. The van der Waals surface area contributed by atoms with Crippen LogP contribution in [0.4, 0.5) is 0 Å². The Bertz CT molecular complexity index is 573. The van der Waals surface area contributed by atoms with Crippen LogP contribution in [0.2, 0.25) is 0 Å². The Morgan fingerprint density at radius 3 is 2.57 bits per heavy atom. The normalized spacial score (nSPS) is 21.9. The molecule has 3 aliphatic carbocycles. The molecule has 1 N–H and O–H groups in total. The Morgan fingerprint density at radius 2 is 1.87 bits per heavy atom. The Kier molecular flexibility index (Phi) is 4.23. The molecule has 0 aromatic carbocycles. The molecule has 4 nitrogen and oxygen atoms in total. The zero-order chi connectivity index (χ0) is 15.6. The van der Waals surface area contributed by atoms with Crippen LogP contribution >= 0.6 is 0 Å². The standard InChI is InChI=1S/C19H26N2O2/c22-18(20-15-4-2-1-3-5-15)17-11-10-16(14-8-9-14)19(21-17)23-12-13-6-7-13/h10-11,13-15H,1-9,12H2,(H,20,22). The molecule has 1 aromatic rings. The summed E-state index contributed by atoms with van der Waals surface area (Å²) < 4.78 is 5.95. The number of carbonyl (C=O) groups excluding carboxylic acids is 1. The molecule has 0 saturated heterocycles. The molecule has 0 aliphatic heterocycles. The summed E-state index contributed by atoms with van der Waals surface area (Å²) in [5, 5.41) is 3.15. The van der Waals surface area contributed by atoms with Crippen LogP contribution in [-0.2, 0) is 0 Å². The summed E-state index contributed by atoms with van der Waals surface area (Å²) in [7, 11) is 0. The van der Waals surface area contributed by atoms with Crippen LogP contribution in [0.3, 0.4) is 0 Å². The summed E-state index contributed by atoms with van der Waals surface area (Å²) in [6, 6.07) is 4.25. The SMILES string of the molecule is O=C(NC1CCCCC1)c1ccc(C2CC2)c(OCC2CC2)n1. The van der Waals surface area contributed by atoms with Crippen LogP contribution in [0, 0.1) is 5.92 Å². The maximum absolute atomic E-state index is 12.5. The molecule has 3 fully saturated rings. The van der Waals surface area contributed by atoms with Crippen molar-refractivity contribution in [2.24, 2.45) is 5.92 Å². The fraction of sp³-hybridized carbons (Fsp3) is 0.684. The first-order valence-electron chi connectivity index (χ1n) is 9.24. The number of aromatic nitrogens is 1. The third kappa shape index (κ3) is 3.85. The molecule has 1 aromatic heterocycles. The molecule has 3 saturated carbocycles. The van der Waals surface area contributed by atoms with Gasteiger partial charge < -0.3 is 10.1 Å². The van der Waals surface area contributed by atoms with Gasteiger partial charge in [-0.25, -0.2) is 4.98 Å². The smallest absolute Gasteiger partial charge is 0.270 e. The van der Waals surface area contributed by atoms with E-state index in [1.807, 2.05) is 6.07 Å². The summed E-state index contributed by atoms with van der Waals surface area (Å²) in [5.74, 6) is 1.95. The summed E-state index contributed by atoms with van der Waals surface area (Å²) in [5.41, 5.74) is 1.70. The molecule has 0 spiro atoms. The molecule has 4 rings (SSSR count). The van der Waals surface area contributed by atoms with Gasteiger partial charge in [-0.2, -0.15) is 0 Å². The summed E-state index contributed by atoms with van der Waals surface area (Å²) in [4.78, 5) is 17.0.